The lowest BCUT2D eigenvalue weighted by molar-refractivity contribution is -0.487. The number of nitrogens with two attached hydrogens (primary N) is 1. The molecule has 1 aliphatic heterocycles. The molecule has 4 aromatic rings. The molecule has 9 nitrogen and oxygen atoms in total. The van der Waals surface area contributed by atoms with E-state index in [9.17, 15) is 8.42 Å². The number of hydrogen-bond donors (Lipinski definition) is 1. The van der Waals surface area contributed by atoms with Crippen molar-refractivity contribution in [2.75, 3.05) is 40.3 Å². The summed E-state index contributed by atoms with van der Waals surface area (Å²) in [6.07, 6.45) is 0. The molecular weight excluding hydrogens is 512 g/mol. The van der Waals surface area contributed by atoms with E-state index in [1.807, 2.05) is 38.2 Å². The van der Waals surface area contributed by atoms with Crippen molar-refractivity contribution in [1.29, 1.82) is 0 Å². The monoisotopic (exact) mass is 539 g/mol. The van der Waals surface area contributed by atoms with Gasteiger partial charge in [-0.05, 0) is 67.6 Å². The zero-order valence-corrected chi connectivity index (χ0v) is 22.4. The summed E-state index contributed by atoms with van der Waals surface area (Å²) < 4.78 is 32.8. The number of rotatable bonds is 6. The highest BCUT2D eigenvalue weighted by Gasteiger charge is 2.27. The standard InChI is InChI=1S/C26H27ClN6O3S/c1-17-14-18(22-16-20(36-3)6-9-23(22)27)15-24-25(17)29-26(31-30-24)28-19-4-7-21(8-5-19)37(34,35)33-12-10-32(2)11-13-33/h4-9,14-16H,10-13H2,1-3H3,(H,28,29,31)/p+1. The van der Waals surface area contributed by atoms with Crippen molar-refractivity contribution in [3.8, 4) is 16.9 Å². The molecule has 1 saturated heterocycles. The van der Waals surface area contributed by atoms with Gasteiger partial charge in [-0.3, -0.25) is 0 Å². The summed E-state index contributed by atoms with van der Waals surface area (Å²) in [6, 6.07) is 16.2. The number of fused-ring (bicyclic) bond motifs is 1. The van der Waals surface area contributed by atoms with E-state index in [0.717, 1.165) is 41.0 Å². The molecule has 2 heterocycles. The smallest absolute Gasteiger partial charge is 0.350 e. The molecule has 0 amide bonds. The number of methoxy groups -OCH3 is 1. The average molecular weight is 540 g/mol. The number of hydrogen-bond acceptors (Lipinski definition) is 7. The maximum absolute atomic E-state index is 13.0. The zero-order chi connectivity index (χ0) is 26.2. The van der Waals surface area contributed by atoms with Gasteiger partial charge in [-0.1, -0.05) is 16.7 Å². The summed E-state index contributed by atoms with van der Waals surface area (Å²) in [6.45, 7) is 4.41. The summed E-state index contributed by atoms with van der Waals surface area (Å²) in [5.41, 5.74) is 4.85. The van der Waals surface area contributed by atoms with Crippen LogP contribution in [0.2, 0.25) is 5.02 Å². The second-order valence-corrected chi connectivity index (χ2v) is 11.4. The van der Waals surface area contributed by atoms with E-state index in [-0.39, 0.29) is 4.90 Å². The topological polar surface area (TPSA) is 105 Å². The van der Waals surface area contributed by atoms with Crippen LogP contribution in [0.3, 0.4) is 0 Å². The van der Waals surface area contributed by atoms with Gasteiger partial charge in [-0.15, -0.1) is 5.10 Å². The van der Waals surface area contributed by atoms with Crippen LogP contribution in [0.25, 0.3) is 22.2 Å². The molecule has 3 aromatic carbocycles. The van der Waals surface area contributed by atoms with Gasteiger partial charge in [0, 0.05) is 48.9 Å². The molecule has 0 aliphatic carbocycles. The maximum atomic E-state index is 13.0. The van der Waals surface area contributed by atoms with E-state index in [4.69, 9.17) is 21.3 Å². The number of aryl methyl sites for hydroxylation is 1. The number of sulfonamides is 1. The Morgan fingerprint density at radius 2 is 1.70 bits per heavy atom. The maximum Gasteiger partial charge on any atom is 0.350 e. The van der Waals surface area contributed by atoms with Gasteiger partial charge in [0.2, 0.25) is 10.0 Å². The first kappa shape index (κ1) is 25.5. The van der Waals surface area contributed by atoms with Gasteiger partial charge < -0.3 is 9.64 Å². The fourth-order valence-electron chi connectivity index (χ4n) is 4.36. The molecule has 0 bridgehead atoms. The Morgan fingerprint density at radius 3 is 2.41 bits per heavy atom. The normalized spacial score (nSPS) is 15.2. The second-order valence-electron chi connectivity index (χ2n) is 9.10. The molecule has 1 fully saturated rings. The minimum Gasteiger partial charge on any atom is -0.497 e. The molecule has 0 spiro atoms. The van der Waals surface area contributed by atoms with Crippen molar-refractivity contribution in [3.63, 3.8) is 0 Å². The van der Waals surface area contributed by atoms with Crippen LogP contribution in [-0.4, -0.2) is 73.1 Å². The van der Waals surface area contributed by atoms with Crippen molar-refractivity contribution in [2.24, 2.45) is 0 Å². The molecule has 11 heteroatoms. The van der Waals surface area contributed by atoms with Crippen LogP contribution in [0.4, 0.5) is 11.6 Å². The van der Waals surface area contributed by atoms with Gasteiger partial charge >= 0.3 is 5.95 Å². The van der Waals surface area contributed by atoms with Gasteiger partial charge in [0.15, 0.2) is 0 Å². The molecule has 37 heavy (non-hydrogen) atoms. The van der Waals surface area contributed by atoms with Gasteiger partial charge in [-0.25, -0.2) is 13.7 Å². The van der Waals surface area contributed by atoms with Crippen LogP contribution in [0.15, 0.2) is 59.5 Å². The lowest BCUT2D eigenvalue weighted by Gasteiger charge is -2.31. The van der Waals surface area contributed by atoms with Crippen LogP contribution >= 0.6 is 11.6 Å². The van der Waals surface area contributed by atoms with E-state index in [2.05, 4.69) is 15.1 Å². The molecule has 0 saturated carbocycles. The van der Waals surface area contributed by atoms with E-state index >= 15 is 0 Å². The Labute approximate surface area is 221 Å². The first-order valence-electron chi connectivity index (χ1n) is 11.9. The van der Waals surface area contributed by atoms with E-state index < -0.39 is 10.0 Å². The van der Waals surface area contributed by atoms with Crippen molar-refractivity contribution in [2.45, 2.75) is 11.8 Å². The Kier molecular flexibility index (Phi) is 7.11. The van der Waals surface area contributed by atoms with Crippen molar-refractivity contribution >= 4 is 44.3 Å². The van der Waals surface area contributed by atoms with Gasteiger partial charge in [-0.2, -0.15) is 9.29 Å². The van der Waals surface area contributed by atoms with Crippen LogP contribution < -0.4 is 10.1 Å². The Bertz CT molecular complexity index is 1560. The van der Waals surface area contributed by atoms with Crippen molar-refractivity contribution in [1.82, 2.24) is 24.4 Å². The van der Waals surface area contributed by atoms with Crippen LogP contribution in [-0.2, 0) is 10.0 Å². The molecular formula is C26H28ClN6O3S+. The quantitative estimate of drug-likeness (QED) is 0.375. The first-order valence-corrected chi connectivity index (χ1v) is 13.7. The number of quaternary nitrogens is 1. The highest BCUT2D eigenvalue weighted by atomic mass is 35.5. The predicted molar refractivity (Wildman–Crippen MR) is 143 cm³/mol. The lowest BCUT2D eigenvalue weighted by atomic mass is 10.0. The van der Waals surface area contributed by atoms with E-state index in [1.165, 1.54) is 4.31 Å². The van der Waals surface area contributed by atoms with Crippen LogP contribution in [0.5, 0.6) is 5.75 Å². The van der Waals surface area contributed by atoms with E-state index in [1.54, 1.807) is 42.8 Å². The minimum absolute atomic E-state index is 0.284. The number of ether oxygens (including phenoxy) is 1. The Morgan fingerprint density at radius 1 is 0.973 bits per heavy atom. The number of likely N-dealkylation sites (N-methyl/N-ethyl adjacent to an activating group) is 1. The number of aromatic nitrogens is 3. The van der Waals surface area contributed by atoms with Crippen LogP contribution in [0.1, 0.15) is 5.56 Å². The molecule has 0 radical (unpaired) electrons. The highest BCUT2D eigenvalue weighted by molar-refractivity contribution is 7.89. The van der Waals surface area contributed by atoms with Gasteiger partial charge in [0.05, 0.1) is 12.0 Å². The third-order valence-electron chi connectivity index (χ3n) is 6.53. The third-order valence-corrected chi connectivity index (χ3v) is 8.77. The summed E-state index contributed by atoms with van der Waals surface area (Å²) in [5.74, 6) is 1.16. The van der Waals surface area contributed by atoms with E-state index in [0.29, 0.717) is 35.3 Å². The van der Waals surface area contributed by atoms with Gasteiger partial charge in [0.25, 0.3) is 0 Å². The highest BCUT2D eigenvalue weighted by Crippen LogP contribution is 2.33. The summed E-state index contributed by atoms with van der Waals surface area (Å²) in [7, 11) is 0.100. The number of piperazine rings is 1. The van der Waals surface area contributed by atoms with Crippen LogP contribution in [0, 0.1) is 6.92 Å². The van der Waals surface area contributed by atoms with Crippen molar-refractivity contribution < 1.29 is 18.5 Å². The predicted octanol–water partition coefficient (Wildman–Crippen LogP) is 3.12. The lowest BCUT2D eigenvalue weighted by Crippen LogP contribution is -2.72. The van der Waals surface area contributed by atoms with Crippen molar-refractivity contribution in [3.05, 3.63) is 65.2 Å². The second kappa shape index (κ2) is 10.3. The molecule has 0 atom stereocenters. The fourth-order valence-corrected chi connectivity index (χ4v) is 6.01. The third kappa shape index (κ3) is 5.29. The summed E-state index contributed by atoms with van der Waals surface area (Å²) in [5, 5.41) is 11.1. The SMILES string of the molecule is COc1ccc(Cl)c(-c2cc(C)c3nc([NH2+]c4ccc(S(=O)(=O)N5CCN(C)CC5)cc4)nnc3c2)c1. The summed E-state index contributed by atoms with van der Waals surface area (Å²) in [4.78, 5) is 7.10. The van der Waals surface area contributed by atoms with Gasteiger partial charge in [0.1, 0.15) is 22.5 Å². The molecule has 1 aromatic heterocycles. The Hall–Kier alpha value is -3.15. The molecule has 5 rings (SSSR count). The fraction of sp³-hybridized carbons (Fsp3) is 0.269. The number of benzene rings is 3. The minimum atomic E-state index is -3.51. The number of nitrogens with zero attached hydrogens (tertiary/aromatic N) is 5. The molecule has 0 unspecified atom stereocenters. The summed E-state index contributed by atoms with van der Waals surface area (Å²) >= 11 is 6.44. The number of halogens is 1. The molecule has 2 N–H and O–H groups in total. The largest absolute Gasteiger partial charge is 0.497 e. The average Bonchev–Trinajstić information content (AvgIpc) is 2.90. The molecule has 1 aliphatic rings. The zero-order valence-electron chi connectivity index (χ0n) is 20.8. The first-order chi connectivity index (χ1) is 17.7. The Balaban J connectivity index is 1.37. The molecule has 192 valence electrons.